The van der Waals surface area contributed by atoms with Crippen molar-refractivity contribution < 1.29 is 4.74 Å². The molecule has 1 N–H and O–H groups in total. The van der Waals surface area contributed by atoms with Crippen LogP contribution in [0, 0.1) is 6.92 Å². The van der Waals surface area contributed by atoms with Crippen LogP contribution < -0.4 is 10.1 Å². The Kier molecular flexibility index (Phi) is 4.90. The van der Waals surface area contributed by atoms with Crippen LogP contribution in [0.15, 0.2) is 28.7 Å². The molecule has 0 aliphatic rings. The minimum Gasteiger partial charge on any atom is -0.496 e. The number of hydrogen-bond acceptors (Lipinski definition) is 3. The van der Waals surface area contributed by atoms with Crippen molar-refractivity contribution in [3.63, 3.8) is 0 Å². The minimum absolute atomic E-state index is 0.0836. The molecule has 2 aromatic rings. The monoisotopic (exact) mass is 359 g/mol. The van der Waals surface area contributed by atoms with E-state index in [-0.39, 0.29) is 6.04 Å². The van der Waals surface area contributed by atoms with Crippen LogP contribution >= 0.6 is 38.9 Å². The maximum atomic E-state index is 6.02. The maximum Gasteiger partial charge on any atom is 0.125 e. The molecule has 0 radical (unpaired) electrons. The highest BCUT2D eigenvalue weighted by molar-refractivity contribution is 9.10. The van der Waals surface area contributed by atoms with Crippen LogP contribution in [0.2, 0.25) is 5.02 Å². The molecule has 1 atom stereocenters. The number of halogens is 2. The lowest BCUT2D eigenvalue weighted by molar-refractivity contribution is 0.405. The summed E-state index contributed by atoms with van der Waals surface area (Å²) in [7, 11) is 3.61. The van der Waals surface area contributed by atoms with E-state index >= 15 is 0 Å². The molecule has 0 bridgehead atoms. The van der Waals surface area contributed by atoms with E-state index in [0.717, 1.165) is 15.8 Å². The summed E-state index contributed by atoms with van der Waals surface area (Å²) < 4.78 is 6.56. The van der Waals surface area contributed by atoms with Gasteiger partial charge in [-0.2, -0.15) is 0 Å². The van der Waals surface area contributed by atoms with Gasteiger partial charge in [-0.25, -0.2) is 0 Å². The van der Waals surface area contributed by atoms with E-state index < -0.39 is 0 Å². The van der Waals surface area contributed by atoms with Crippen molar-refractivity contribution in [3.8, 4) is 5.75 Å². The van der Waals surface area contributed by atoms with E-state index in [4.69, 9.17) is 16.3 Å². The second kappa shape index (κ2) is 6.27. The average Bonchev–Trinajstić information content (AvgIpc) is 2.71. The molecule has 2 rings (SSSR count). The summed E-state index contributed by atoms with van der Waals surface area (Å²) in [4.78, 5) is 2.51. The fraction of sp³-hybridized carbons (Fsp3) is 0.286. The van der Waals surface area contributed by atoms with Crippen molar-refractivity contribution in [1.29, 1.82) is 0 Å². The topological polar surface area (TPSA) is 21.3 Å². The Hall–Kier alpha value is -0.550. The standard InChI is InChI=1S/C14H15BrClNOS/c1-8-6-11(15)14(19-8)13(17-2)10-5-4-9(16)7-12(10)18-3/h4-7,13,17H,1-3H3. The van der Waals surface area contributed by atoms with E-state index in [0.29, 0.717) is 5.02 Å². The normalized spacial score (nSPS) is 12.5. The maximum absolute atomic E-state index is 6.02. The first-order chi connectivity index (χ1) is 9.06. The molecule has 0 aliphatic carbocycles. The van der Waals surface area contributed by atoms with Gasteiger partial charge in [-0.1, -0.05) is 17.7 Å². The lowest BCUT2D eigenvalue weighted by Gasteiger charge is -2.19. The minimum atomic E-state index is 0.0836. The third-order valence-electron chi connectivity index (χ3n) is 2.89. The fourth-order valence-electron chi connectivity index (χ4n) is 2.05. The molecule has 1 heterocycles. The van der Waals surface area contributed by atoms with E-state index in [1.165, 1.54) is 9.75 Å². The Morgan fingerprint density at radius 2 is 2.11 bits per heavy atom. The van der Waals surface area contributed by atoms with Gasteiger partial charge in [0.05, 0.1) is 13.2 Å². The van der Waals surface area contributed by atoms with Crippen molar-refractivity contribution in [2.24, 2.45) is 0 Å². The molecule has 19 heavy (non-hydrogen) atoms. The number of nitrogens with one attached hydrogen (secondary N) is 1. The molecule has 0 spiro atoms. The molecule has 0 fully saturated rings. The van der Waals surface area contributed by atoms with Gasteiger partial charge in [-0.05, 0) is 48.1 Å². The predicted octanol–water partition coefficient (Wildman–Crippen LogP) is 4.79. The van der Waals surface area contributed by atoms with Gasteiger partial charge in [-0.3, -0.25) is 0 Å². The van der Waals surface area contributed by atoms with E-state index in [1.54, 1.807) is 18.4 Å². The number of thiophene rings is 1. The summed E-state index contributed by atoms with van der Waals surface area (Å²) >= 11 is 11.4. The summed E-state index contributed by atoms with van der Waals surface area (Å²) in [5.41, 5.74) is 1.08. The largest absolute Gasteiger partial charge is 0.496 e. The van der Waals surface area contributed by atoms with Gasteiger partial charge in [0.1, 0.15) is 5.75 Å². The Labute approximate surface area is 130 Å². The zero-order valence-corrected chi connectivity index (χ0v) is 14.1. The van der Waals surface area contributed by atoms with Crippen LogP contribution in [-0.2, 0) is 0 Å². The molecule has 1 aromatic heterocycles. The highest BCUT2D eigenvalue weighted by atomic mass is 79.9. The van der Waals surface area contributed by atoms with E-state index in [1.807, 2.05) is 25.2 Å². The first-order valence-corrected chi connectivity index (χ1v) is 7.82. The zero-order valence-electron chi connectivity index (χ0n) is 11.0. The van der Waals surface area contributed by atoms with Gasteiger partial charge < -0.3 is 10.1 Å². The highest BCUT2D eigenvalue weighted by Crippen LogP contribution is 2.39. The number of methoxy groups -OCH3 is 1. The van der Waals surface area contributed by atoms with Gasteiger partial charge in [0.2, 0.25) is 0 Å². The molecular formula is C14H15BrClNOS. The van der Waals surface area contributed by atoms with Gasteiger partial charge in [0.15, 0.2) is 0 Å². The summed E-state index contributed by atoms with van der Waals surface area (Å²) in [6.07, 6.45) is 0. The third kappa shape index (κ3) is 3.14. The smallest absolute Gasteiger partial charge is 0.125 e. The first-order valence-electron chi connectivity index (χ1n) is 5.83. The number of benzene rings is 1. The van der Waals surface area contributed by atoms with Gasteiger partial charge in [0.25, 0.3) is 0 Å². The summed E-state index contributed by atoms with van der Waals surface area (Å²) in [6.45, 7) is 2.10. The predicted molar refractivity (Wildman–Crippen MR) is 85.7 cm³/mol. The Bertz CT molecular complexity index is 585. The van der Waals surface area contributed by atoms with Crippen molar-refractivity contribution >= 4 is 38.9 Å². The molecule has 0 saturated carbocycles. The number of aryl methyl sites for hydroxylation is 1. The highest BCUT2D eigenvalue weighted by Gasteiger charge is 2.21. The van der Waals surface area contributed by atoms with Crippen LogP contribution in [0.3, 0.4) is 0 Å². The summed E-state index contributed by atoms with van der Waals surface area (Å²) in [5, 5.41) is 4.02. The Balaban J connectivity index is 2.50. The lowest BCUT2D eigenvalue weighted by Crippen LogP contribution is -2.17. The van der Waals surface area contributed by atoms with Crippen LogP contribution in [0.25, 0.3) is 0 Å². The third-order valence-corrected chi connectivity index (χ3v) is 5.16. The molecular weight excluding hydrogens is 346 g/mol. The molecule has 1 aromatic carbocycles. The quantitative estimate of drug-likeness (QED) is 0.846. The number of hydrogen-bond donors (Lipinski definition) is 1. The molecule has 102 valence electrons. The van der Waals surface area contributed by atoms with Crippen molar-refractivity contribution in [2.75, 3.05) is 14.2 Å². The Morgan fingerprint density at radius 1 is 1.37 bits per heavy atom. The van der Waals surface area contributed by atoms with Crippen molar-refractivity contribution in [2.45, 2.75) is 13.0 Å². The molecule has 0 aliphatic heterocycles. The van der Waals surface area contributed by atoms with Crippen molar-refractivity contribution in [3.05, 3.63) is 49.1 Å². The number of ether oxygens (including phenoxy) is 1. The molecule has 0 saturated heterocycles. The van der Waals surface area contributed by atoms with E-state index in [2.05, 4.69) is 34.2 Å². The van der Waals surface area contributed by atoms with Gasteiger partial charge in [0, 0.05) is 24.8 Å². The lowest BCUT2D eigenvalue weighted by atomic mass is 10.0. The van der Waals surface area contributed by atoms with Gasteiger partial charge >= 0.3 is 0 Å². The first kappa shape index (κ1) is 14.9. The van der Waals surface area contributed by atoms with Crippen LogP contribution in [0.1, 0.15) is 21.4 Å². The summed E-state index contributed by atoms with van der Waals surface area (Å²) in [5.74, 6) is 0.796. The van der Waals surface area contributed by atoms with Crippen LogP contribution in [0.5, 0.6) is 5.75 Å². The Morgan fingerprint density at radius 3 is 2.63 bits per heavy atom. The fourth-order valence-corrected chi connectivity index (χ4v) is 4.22. The average molecular weight is 361 g/mol. The van der Waals surface area contributed by atoms with Crippen LogP contribution in [0.4, 0.5) is 0 Å². The van der Waals surface area contributed by atoms with Crippen molar-refractivity contribution in [1.82, 2.24) is 5.32 Å². The molecule has 5 heteroatoms. The summed E-state index contributed by atoms with van der Waals surface area (Å²) in [6, 6.07) is 7.95. The number of rotatable bonds is 4. The van der Waals surface area contributed by atoms with Gasteiger partial charge in [-0.15, -0.1) is 11.3 Å². The zero-order chi connectivity index (χ0) is 14.0. The van der Waals surface area contributed by atoms with Crippen LogP contribution in [-0.4, -0.2) is 14.2 Å². The molecule has 2 nitrogen and oxygen atoms in total. The molecule has 1 unspecified atom stereocenters. The van der Waals surface area contributed by atoms with E-state index in [9.17, 15) is 0 Å². The SMILES string of the molecule is CNC(c1ccc(Cl)cc1OC)c1sc(C)cc1Br. The second-order valence-corrected chi connectivity index (χ2v) is 6.76. The molecule has 0 amide bonds. The second-order valence-electron chi connectivity index (χ2n) is 4.18.